The van der Waals surface area contributed by atoms with Gasteiger partial charge in [-0.05, 0) is 76.1 Å². The maximum absolute atomic E-state index is 14.1. The summed E-state index contributed by atoms with van der Waals surface area (Å²) in [7, 11) is -1.74. The number of nitrogens with zero attached hydrogens (tertiary/aromatic N) is 2. The van der Waals surface area contributed by atoms with Gasteiger partial charge in [-0.1, -0.05) is 19.1 Å². The number of fused-ring (bicyclic) bond motifs is 1. The van der Waals surface area contributed by atoms with E-state index in [1.54, 1.807) is 24.0 Å². The number of hydrogen-bond donors (Lipinski definition) is 2. The number of amides is 1. The highest BCUT2D eigenvalue weighted by molar-refractivity contribution is 7.92. The quantitative estimate of drug-likeness (QED) is 0.417. The van der Waals surface area contributed by atoms with E-state index in [0.717, 1.165) is 36.8 Å². The number of carbonyl (C=O) groups is 1. The number of anilines is 1. The number of benzene rings is 2. The van der Waals surface area contributed by atoms with Gasteiger partial charge in [-0.25, -0.2) is 8.42 Å². The summed E-state index contributed by atoms with van der Waals surface area (Å²) in [6, 6.07) is 9.08. The Morgan fingerprint density at radius 2 is 1.82 bits per heavy atom. The highest BCUT2D eigenvalue weighted by Crippen LogP contribution is 2.30. The average Bonchev–Trinajstić information content (AvgIpc) is 2.93. The van der Waals surface area contributed by atoms with E-state index < -0.39 is 33.7 Å². The fourth-order valence-electron chi connectivity index (χ4n) is 5.15. The first-order valence-corrected chi connectivity index (χ1v) is 16.6. The van der Waals surface area contributed by atoms with Crippen molar-refractivity contribution in [1.82, 2.24) is 9.80 Å². The Morgan fingerprint density at radius 3 is 2.43 bits per heavy atom. The molecule has 1 aliphatic rings. The molecule has 13 heteroatoms. The van der Waals surface area contributed by atoms with E-state index in [2.05, 4.69) is 4.72 Å². The summed E-state index contributed by atoms with van der Waals surface area (Å²) in [4.78, 5) is 17.6. The Bertz CT molecular complexity index is 1340. The third-order valence-electron chi connectivity index (χ3n) is 7.58. The molecule has 2 N–H and O–H groups in total. The smallest absolute Gasteiger partial charge is 0.416 e. The van der Waals surface area contributed by atoms with Crippen LogP contribution >= 0.6 is 0 Å². The first kappa shape index (κ1) is 35.6. The summed E-state index contributed by atoms with van der Waals surface area (Å²) in [5, 5.41) is 10.1. The number of hydrogen-bond acceptors (Lipinski definition) is 7. The molecule has 44 heavy (non-hydrogen) atoms. The number of carbonyl (C=O) groups excluding carboxylic acids is 1. The van der Waals surface area contributed by atoms with Crippen LogP contribution < -0.4 is 9.46 Å². The zero-order valence-corrected chi connectivity index (χ0v) is 26.7. The third kappa shape index (κ3) is 10.6. The predicted molar refractivity (Wildman–Crippen MR) is 163 cm³/mol. The largest absolute Gasteiger partial charge is 0.490 e. The van der Waals surface area contributed by atoms with Crippen molar-refractivity contribution in [3.8, 4) is 5.75 Å². The lowest BCUT2D eigenvalue weighted by Gasteiger charge is -2.36. The SMILES string of the molecule is C[C@H]1CCCCO[C@@H](CN(C)Cc2ccc(C(F)(F)F)cc2)[C@@H](C)CN([C@@H](C)CO)C(=O)c2cc(NS(C)(=O)=O)ccc2O1. The zero-order chi connectivity index (χ0) is 32.7. The second-order valence-corrected chi connectivity index (χ2v) is 13.5. The topological polar surface area (TPSA) is 108 Å². The van der Waals surface area contributed by atoms with Crippen LogP contribution in [0.1, 0.15) is 61.5 Å². The second-order valence-electron chi connectivity index (χ2n) is 11.8. The zero-order valence-electron chi connectivity index (χ0n) is 25.9. The molecular weight excluding hydrogens is 599 g/mol. The maximum atomic E-state index is 14.1. The number of halogens is 3. The molecule has 2 aromatic rings. The number of likely N-dealkylation sites (N-methyl/N-ethyl adjacent to an activating group) is 1. The van der Waals surface area contributed by atoms with E-state index in [9.17, 15) is 31.5 Å². The van der Waals surface area contributed by atoms with E-state index in [-0.39, 0.29) is 42.5 Å². The van der Waals surface area contributed by atoms with Crippen molar-refractivity contribution < 1.29 is 41.0 Å². The molecule has 0 aromatic heterocycles. The molecule has 0 saturated carbocycles. The van der Waals surface area contributed by atoms with Gasteiger partial charge >= 0.3 is 6.18 Å². The molecule has 0 fully saturated rings. The highest BCUT2D eigenvalue weighted by Gasteiger charge is 2.31. The Kier molecular flexibility index (Phi) is 12.5. The Morgan fingerprint density at radius 1 is 1.14 bits per heavy atom. The van der Waals surface area contributed by atoms with Crippen molar-refractivity contribution in [3.05, 3.63) is 59.2 Å². The van der Waals surface area contributed by atoms with Gasteiger partial charge in [0.2, 0.25) is 10.0 Å². The van der Waals surface area contributed by atoms with Crippen LogP contribution in [0.15, 0.2) is 42.5 Å². The van der Waals surface area contributed by atoms with E-state index in [1.165, 1.54) is 18.2 Å². The number of aliphatic hydroxyl groups excluding tert-OH is 1. The summed E-state index contributed by atoms with van der Waals surface area (Å²) < 4.78 is 77.7. The molecule has 0 unspecified atom stereocenters. The van der Waals surface area contributed by atoms with Crippen molar-refractivity contribution in [2.24, 2.45) is 5.92 Å². The lowest BCUT2D eigenvalue weighted by atomic mass is 10.0. The molecule has 0 saturated heterocycles. The predicted octanol–water partition coefficient (Wildman–Crippen LogP) is 5.00. The number of ether oxygens (including phenoxy) is 2. The highest BCUT2D eigenvalue weighted by atomic mass is 32.2. The molecular formula is C31H44F3N3O6S. The first-order valence-electron chi connectivity index (χ1n) is 14.7. The molecule has 246 valence electrons. The number of aliphatic hydroxyl groups is 1. The van der Waals surface area contributed by atoms with Crippen LogP contribution in [0.25, 0.3) is 0 Å². The summed E-state index contributed by atoms with van der Waals surface area (Å²) >= 11 is 0. The standard InChI is InChI=1S/C31H44F3N3O6S/c1-21-17-37(22(2)20-38)30(39)27-16-26(35-44(5,40)41)13-14-28(27)43-23(3)8-6-7-15-42-29(21)19-36(4)18-24-9-11-25(12-10-24)31(32,33)34/h9-14,16,21-23,29,35,38H,6-8,15,17-20H2,1-5H3/t21-,22-,23-,29-/m0/s1. The first-order chi connectivity index (χ1) is 20.6. The van der Waals surface area contributed by atoms with E-state index in [4.69, 9.17) is 9.47 Å². The third-order valence-corrected chi connectivity index (χ3v) is 8.19. The minimum atomic E-state index is -4.40. The molecule has 4 atom stereocenters. The van der Waals surface area contributed by atoms with Crippen LogP contribution in [-0.4, -0.2) is 87.1 Å². The van der Waals surface area contributed by atoms with Gasteiger partial charge in [0.25, 0.3) is 5.91 Å². The molecule has 0 spiro atoms. The number of sulfonamides is 1. The lowest BCUT2D eigenvalue weighted by Crippen LogP contribution is -2.47. The van der Waals surface area contributed by atoms with Gasteiger partial charge in [-0.3, -0.25) is 14.4 Å². The fraction of sp³-hybridized carbons (Fsp3) is 0.581. The van der Waals surface area contributed by atoms with Crippen LogP contribution in [0.3, 0.4) is 0 Å². The normalized spacial score (nSPS) is 21.7. The number of alkyl halides is 3. The van der Waals surface area contributed by atoms with Crippen LogP contribution in [0, 0.1) is 5.92 Å². The molecule has 1 heterocycles. The monoisotopic (exact) mass is 643 g/mol. The Hall–Kier alpha value is -2.87. The fourth-order valence-corrected chi connectivity index (χ4v) is 5.70. The van der Waals surface area contributed by atoms with Crippen LogP contribution in [0.5, 0.6) is 5.75 Å². The molecule has 1 aliphatic heterocycles. The van der Waals surface area contributed by atoms with Gasteiger partial charge in [-0.2, -0.15) is 13.2 Å². The molecule has 0 bridgehead atoms. The van der Waals surface area contributed by atoms with Crippen molar-refractivity contribution in [2.45, 2.75) is 71.0 Å². The minimum Gasteiger partial charge on any atom is -0.490 e. The number of rotatable bonds is 8. The van der Waals surface area contributed by atoms with Crippen LogP contribution in [0.4, 0.5) is 18.9 Å². The van der Waals surface area contributed by atoms with Crippen LogP contribution in [0.2, 0.25) is 0 Å². The number of nitrogens with one attached hydrogen (secondary N) is 1. The van der Waals surface area contributed by atoms with Gasteiger partial charge in [-0.15, -0.1) is 0 Å². The van der Waals surface area contributed by atoms with Gasteiger partial charge in [0.15, 0.2) is 0 Å². The van der Waals surface area contributed by atoms with E-state index in [0.29, 0.717) is 31.9 Å². The molecule has 9 nitrogen and oxygen atoms in total. The molecule has 1 amide bonds. The van der Waals surface area contributed by atoms with Gasteiger partial charge < -0.3 is 19.5 Å². The Balaban J connectivity index is 1.88. The van der Waals surface area contributed by atoms with Gasteiger partial charge in [0.05, 0.1) is 42.2 Å². The van der Waals surface area contributed by atoms with E-state index in [1.807, 2.05) is 25.8 Å². The molecule has 3 rings (SSSR count). The van der Waals surface area contributed by atoms with Crippen molar-refractivity contribution >= 4 is 21.6 Å². The molecule has 0 aliphatic carbocycles. The van der Waals surface area contributed by atoms with Crippen molar-refractivity contribution in [3.63, 3.8) is 0 Å². The van der Waals surface area contributed by atoms with E-state index >= 15 is 0 Å². The average molecular weight is 644 g/mol. The summed E-state index contributed by atoms with van der Waals surface area (Å²) in [5.74, 6) is -0.302. The minimum absolute atomic E-state index is 0.173. The van der Waals surface area contributed by atoms with Gasteiger partial charge in [0, 0.05) is 37.8 Å². The van der Waals surface area contributed by atoms with Crippen LogP contribution in [-0.2, 0) is 27.5 Å². The maximum Gasteiger partial charge on any atom is 0.416 e. The summed E-state index contributed by atoms with van der Waals surface area (Å²) in [6.45, 7) is 6.84. The summed E-state index contributed by atoms with van der Waals surface area (Å²) in [6.07, 6.45) is -1.64. The van der Waals surface area contributed by atoms with Gasteiger partial charge in [0.1, 0.15) is 5.75 Å². The molecule has 2 aromatic carbocycles. The summed E-state index contributed by atoms with van der Waals surface area (Å²) in [5.41, 5.74) is 0.415. The van der Waals surface area contributed by atoms with Crippen molar-refractivity contribution in [2.75, 3.05) is 44.3 Å². The second kappa shape index (κ2) is 15.4. The molecule has 0 radical (unpaired) electrons. The Labute approximate surface area is 258 Å². The lowest BCUT2D eigenvalue weighted by molar-refractivity contribution is -0.137. The van der Waals surface area contributed by atoms with Crippen molar-refractivity contribution in [1.29, 1.82) is 0 Å².